The number of ether oxygens (including phenoxy) is 4. The maximum absolute atomic E-state index is 13.9. The number of aliphatic hydroxyl groups excluding tert-OH is 4. The summed E-state index contributed by atoms with van der Waals surface area (Å²) in [6, 6.07) is 20.4. The van der Waals surface area contributed by atoms with E-state index in [-0.39, 0.29) is 35.3 Å². The molecule has 0 radical (unpaired) electrons. The van der Waals surface area contributed by atoms with E-state index in [0.717, 1.165) is 38.5 Å². The van der Waals surface area contributed by atoms with E-state index in [1.807, 2.05) is 0 Å². The molecule has 0 unspecified atom stereocenters. The van der Waals surface area contributed by atoms with Gasteiger partial charge in [0.05, 0.1) is 11.4 Å². The Bertz CT molecular complexity index is 3140. The number of fused-ring (bicyclic) bond motifs is 2. The maximum Gasteiger partial charge on any atom is 0.459 e. The summed E-state index contributed by atoms with van der Waals surface area (Å²) in [6.07, 6.45) is -2.12. The normalized spacial score (nSPS) is 26.9. The average molecular weight is 1150 g/mol. The van der Waals surface area contributed by atoms with Crippen LogP contribution in [0.3, 0.4) is 0 Å². The van der Waals surface area contributed by atoms with Crippen LogP contribution in [0.5, 0.6) is 11.5 Å². The van der Waals surface area contributed by atoms with Crippen LogP contribution in [0.1, 0.15) is 76.0 Å². The largest absolute Gasteiger partial charge is 0.461 e. The molecule has 10 N–H and O–H groups in total. The number of aromatic nitrogens is 6. The summed E-state index contributed by atoms with van der Waals surface area (Å²) in [5, 5.41) is 57.0. The van der Waals surface area contributed by atoms with Crippen LogP contribution in [-0.4, -0.2) is 135 Å². The average Bonchev–Trinajstić information content (AvgIpc) is 4.24. The summed E-state index contributed by atoms with van der Waals surface area (Å²) in [5.41, 5.74) is 8.89. The molecule has 424 valence electrons. The molecular weight excluding hydrogens is 1090 g/mol. The molecule has 6 aromatic rings. The third-order valence-electron chi connectivity index (χ3n) is 13.7. The first-order valence-corrected chi connectivity index (χ1v) is 28.3. The number of aliphatic hydroxyl groups is 4. The molecule has 12 atom stereocenters. The lowest BCUT2D eigenvalue weighted by Crippen LogP contribution is -2.45. The number of carbonyl (C=O) groups is 2. The van der Waals surface area contributed by atoms with Crippen molar-refractivity contribution in [1.29, 1.82) is 0 Å². The lowest BCUT2D eigenvalue weighted by atomic mass is 9.96. The number of hydrogen-bond acceptors (Lipinski definition) is 22. The number of hydrogen-bond donors (Lipinski definition) is 8. The molecule has 6 heterocycles. The van der Waals surface area contributed by atoms with Gasteiger partial charge >= 0.3 is 38.9 Å². The summed E-state index contributed by atoms with van der Waals surface area (Å²) >= 11 is 0. The van der Waals surface area contributed by atoms with Gasteiger partial charge in [0.25, 0.3) is 0 Å². The number of para-hydroxylation sites is 2. The summed E-state index contributed by atoms with van der Waals surface area (Å²) in [5.74, 6) is -0.582. The molecule has 28 nitrogen and oxygen atoms in total. The Balaban J connectivity index is 0.000000194. The van der Waals surface area contributed by atoms with Gasteiger partial charge in [-0.25, -0.2) is 41.3 Å². The van der Waals surface area contributed by atoms with Crippen molar-refractivity contribution in [3.05, 3.63) is 132 Å². The quantitative estimate of drug-likeness (QED) is 0.0304. The first-order valence-electron chi connectivity index (χ1n) is 25.3. The number of nitrogen functional groups attached to an aromatic ring is 2. The summed E-state index contributed by atoms with van der Waals surface area (Å²) < 4.78 is 75.6. The Morgan fingerprint density at radius 3 is 1.38 bits per heavy atom. The first kappa shape index (κ1) is 57.5. The lowest BCUT2D eigenvalue weighted by Gasteiger charge is -2.28. The standard InChI is InChI=1S/2C25H29N6O8P/c2*1-15(24(34)37-16-9-6-10-16)30-40(35,39-17-7-4-3-5-8-17)36-13-25(27-2)22(33)20(32)21(38-25)18-11-12-19-23(26)28-14-29-31(18)19/h2*3-5,7-8,11-12,14-16,20-22,32-33H,6,9-10,13H2,1H3,(H,30,35)(H2,26,28,29)/t15-,20-,21-,22-,25+,40+;15-,20-,21-,22-,25+,40-/m00/s1. The van der Waals surface area contributed by atoms with Crippen molar-refractivity contribution in [3.8, 4) is 11.5 Å². The van der Waals surface area contributed by atoms with Crippen LogP contribution in [0.25, 0.3) is 20.7 Å². The van der Waals surface area contributed by atoms with E-state index < -0.39 is 101 Å². The zero-order valence-corrected chi connectivity index (χ0v) is 44.8. The molecular formula is C50H58N12O16P2. The summed E-state index contributed by atoms with van der Waals surface area (Å²) in [4.78, 5) is 39.8. The van der Waals surface area contributed by atoms with Gasteiger partial charge in [-0.1, -0.05) is 36.4 Å². The van der Waals surface area contributed by atoms with E-state index in [1.165, 1.54) is 59.8 Å². The monoisotopic (exact) mass is 1140 g/mol. The van der Waals surface area contributed by atoms with Crippen LogP contribution < -0.4 is 30.7 Å². The molecule has 4 aliphatic rings. The third-order valence-corrected chi connectivity index (χ3v) is 17.0. The Morgan fingerprint density at radius 1 is 0.662 bits per heavy atom. The molecule has 0 amide bonds. The topological polar surface area (TPSA) is 368 Å². The zero-order valence-electron chi connectivity index (χ0n) is 43.0. The highest BCUT2D eigenvalue weighted by molar-refractivity contribution is 7.52. The Kier molecular flexibility index (Phi) is 17.2. The van der Waals surface area contributed by atoms with Gasteiger partial charge in [0, 0.05) is 0 Å². The second-order valence-electron chi connectivity index (χ2n) is 19.3. The second-order valence-corrected chi connectivity index (χ2v) is 22.7. The maximum atomic E-state index is 13.9. The van der Waals surface area contributed by atoms with Crippen molar-refractivity contribution in [2.24, 2.45) is 0 Å². The van der Waals surface area contributed by atoms with Crippen LogP contribution >= 0.6 is 15.5 Å². The van der Waals surface area contributed by atoms with Crippen LogP contribution in [0.2, 0.25) is 0 Å². The number of carbonyl (C=O) groups excluding carboxylic acids is 2. The number of benzene rings is 2. The number of nitrogens with zero attached hydrogens (tertiary/aromatic N) is 8. The highest BCUT2D eigenvalue weighted by atomic mass is 31.2. The molecule has 10 rings (SSSR count). The van der Waals surface area contributed by atoms with Gasteiger partial charge in [-0.2, -0.15) is 20.4 Å². The van der Waals surface area contributed by atoms with Gasteiger partial charge in [0.1, 0.15) is 83.9 Å². The minimum absolute atomic E-state index is 0.164. The van der Waals surface area contributed by atoms with Gasteiger partial charge in [-0.05, 0) is 101 Å². The van der Waals surface area contributed by atoms with Crippen molar-refractivity contribution >= 4 is 50.1 Å². The van der Waals surface area contributed by atoms with Crippen molar-refractivity contribution in [1.82, 2.24) is 39.4 Å². The minimum atomic E-state index is -4.37. The smallest absolute Gasteiger partial charge is 0.459 e. The van der Waals surface area contributed by atoms with Gasteiger partial charge in [-0.15, -0.1) is 0 Å². The SMILES string of the molecule is [C-]#[N+][C@]1(CO[P@@](=O)(N[C@@H](C)C(=O)OC2CCC2)Oc2ccccc2)O[C@@H](c2ccc3c(N)ncnn23)[C@H](O)[C@@H]1O.[C-]#[N+][C@]1(CO[P@](=O)(N[C@@H](C)C(=O)OC2CCC2)Oc2ccccc2)O[C@@H](c2ccc3c(N)ncnn23)[C@H](O)[C@@H]1O. The summed E-state index contributed by atoms with van der Waals surface area (Å²) in [7, 11) is -8.75. The van der Waals surface area contributed by atoms with Crippen molar-refractivity contribution in [3.63, 3.8) is 0 Å². The third kappa shape index (κ3) is 12.1. The second kappa shape index (κ2) is 23.9. The van der Waals surface area contributed by atoms with Gasteiger partial charge in [-0.3, -0.25) is 37.8 Å². The predicted molar refractivity (Wildman–Crippen MR) is 279 cm³/mol. The molecule has 30 heteroatoms. The molecule has 2 aliphatic heterocycles. The Hall–Kier alpha value is -7.14. The number of esters is 2. The van der Waals surface area contributed by atoms with Gasteiger partial charge in [0.2, 0.25) is 0 Å². The molecule has 0 bridgehead atoms. The van der Waals surface area contributed by atoms with E-state index >= 15 is 0 Å². The summed E-state index contributed by atoms with van der Waals surface area (Å²) in [6.45, 7) is 16.9. The predicted octanol–water partition coefficient (Wildman–Crippen LogP) is 4.00. The van der Waals surface area contributed by atoms with E-state index in [9.17, 15) is 39.1 Å². The number of nitrogens with one attached hydrogen (secondary N) is 2. The fourth-order valence-electron chi connectivity index (χ4n) is 8.78. The van der Waals surface area contributed by atoms with Crippen LogP contribution in [0.15, 0.2) is 97.6 Å². The van der Waals surface area contributed by atoms with E-state index in [0.29, 0.717) is 22.4 Å². The van der Waals surface area contributed by atoms with E-state index in [4.69, 9.17) is 61.7 Å². The molecule has 0 spiro atoms. The van der Waals surface area contributed by atoms with Crippen molar-refractivity contribution < 1.29 is 76.2 Å². The molecule has 80 heavy (non-hydrogen) atoms. The molecule has 2 aliphatic carbocycles. The number of nitrogens with two attached hydrogens (primary N) is 2. The Labute approximate surface area is 457 Å². The molecule has 2 saturated heterocycles. The van der Waals surface area contributed by atoms with Crippen molar-refractivity contribution in [2.75, 3.05) is 24.7 Å². The van der Waals surface area contributed by atoms with Crippen LogP contribution in [0, 0.1) is 13.1 Å². The van der Waals surface area contributed by atoms with Crippen LogP contribution in [0.4, 0.5) is 11.6 Å². The molecule has 2 aromatic carbocycles. The lowest BCUT2D eigenvalue weighted by molar-refractivity contribution is -0.155. The number of anilines is 2. The highest BCUT2D eigenvalue weighted by Crippen LogP contribution is 2.51. The Morgan fingerprint density at radius 2 is 1.04 bits per heavy atom. The number of rotatable bonds is 20. The van der Waals surface area contributed by atoms with Gasteiger partial charge in [0.15, 0.2) is 37.1 Å². The fourth-order valence-corrected chi connectivity index (χ4v) is 11.8. The molecule has 2 saturated carbocycles. The zero-order chi connectivity index (χ0) is 57.0. The van der Waals surface area contributed by atoms with Gasteiger partial charge < -0.3 is 50.4 Å². The van der Waals surface area contributed by atoms with Crippen molar-refractivity contribution in [2.45, 2.75) is 125 Å². The van der Waals surface area contributed by atoms with E-state index in [1.54, 1.807) is 60.7 Å². The molecule has 4 aromatic heterocycles. The van der Waals surface area contributed by atoms with Crippen LogP contribution in [-0.2, 0) is 46.7 Å². The highest BCUT2D eigenvalue weighted by Gasteiger charge is 2.64. The fraction of sp³-hybridized carbons (Fsp3) is 0.440. The molecule has 4 fully saturated rings. The minimum Gasteiger partial charge on any atom is -0.461 e. The first-order chi connectivity index (χ1) is 38.3. The van der Waals surface area contributed by atoms with E-state index in [2.05, 4.69) is 40.0 Å².